The number of hydrogen-bond donors (Lipinski definition) is 2. The number of carbonyl (C=O) groups excluding carboxylic acids is 2. The van der Waals surface area contributed by atoms with Gasteiger partial charge in [0.15, 0.2) is 5.16 Å². The van der Waals surface area contributed by atoms with Gasteiger partial charge in [-0.05, 0) is 32.0 Å². The predicted molar refractivity (Wildman–Crippen MR) is 84.2 cm³/mol. The molecular weight excluding hydrogens is 319 g/mol. The molecule has 0 aliphatic rings. The van der Waals surface area contributed by atoms with Crippen molar-refractivity contribution >= 4 is 23.6 Å². The van der Waals surface area contributed by atoms with E-state index in [4.69, 9.17) is 0 Å². The van der Waals surface area contributed by atoms with Gasteiger partial charge in [0.1, 0.15) is 5.82 Å². The van der Waals surface area contributed by atoms with Crippen molar-refractivity contribution in [3.63, 3.8) is 0 Å². The highest BCUT2D eigenvalue weighted by Crippen LogP contribution is 2.13. The minimum absolute atomic E-state index is 0.0282. The first-order valence-electron chi connectivity index (χ1n) is 6.74. The van der Waals surface area contributed by atoms with E-state index in [2.05, 4.69) is 20.8 Å². The van der Waals surface area contributed by atoms with Gasteiger partial charge >= 0.3 is 0 Å². The third-order valence-corrected chi connectivity index (χ3v) is 3.58. The van der Waals surface area contributed by atoms with Gasteiger partial charge in [-0.3, -0.25) is 20.4 Å². The summed E-state index contributed by atoms with van der Waals surface area (Å²) in [5.41, 5.74) is 5.88. The topological polar surface area (TPSA) is 84.0 Å². The van der Waals surface area contributed by atoms with Crippen molar-refractivity contribution in [1.29, 1.82) is 0 Å². The summed E-state index contributed by atoms with van der Waals surface area (Å²) in [6.07, 6.45) is 0. The van der Waals surface area contributed by atoms with Crippen molar-refractivity contribution in [3.8, 4) is 0 Å². The van der Waals surface area contributed by atoms with Gasteiger partial charge in [0.25, 0.3) is 5.91 Å². The molecule has 1 heterocycles. The summed E-state index contributed by atoms with van der Waals surface area (Å²) in [5.74, 6) is -1.79. The first kappa shape index (κ1) is 16.9. The molecule has 0 aliphatic carbocycles. The third kappa shape index (κ3) is 5.03. The van der Waals surface area contributed by atoms with E-state index < -0.39 is 17.6 Å². The van der Waals surface area contributed by atoms with Gasteiger partial charge < -0.3 is 0 Å². The summed E-state index contributed by atoms with van der Waals surface area (Å²) in [6, 6.07) is 7.34. The lowest BCUT2D eigenvalue weighted by atomic mass is 10.2. The Kier molecular flexibility index (Phi) is 5.64. The number of aryl methyl sites for hydroxylation is 2. The molecule has 0 atom stereocenters. The Balaban J connectivity index is 1.83. The van der Waals surface area contributed by atoms with E-state index in [0.29, 0.717) is 5.16 Å². The highest BCUT2D eigenvalue weighted by atomic mass is 32.2. The van der Waals surface area contributed by atoms with Crippen molar-refractivity contribution < 1.29 is 14.0 Å². The number of benzene rings is 1. The number of rotatable bonds is 4. The molecule has 23 heavy (non-hydrogen) atoms. The van der Waals surface area contributed by atoms with Crippen LogP contribution in [-0.2, 0) is 4.79 Å². The maximum absolute atomic E-state index is 13.4. The maximum atomic E-state index is 13.4. The SMILES string of the molecule is Cc1cc(C)nc(SCC(=O)NNC(=O)c2ccccc2F)n1. The number of amides is 2. The molecule has 2 N–H and O–H groups in total. The zero-order chi connectivity index (χ0) is 16.8. The van der Waals surface area contributed by atoms with Crippen molar-refractivity contribution in [3.05, 3.63) is 53.1 Å². The van der Waals surface area contributed by atoms with Crippen LogP contribution >= 0.6 is 11.8 Å². The second kappa shape index (κ2) is 7.68. The Labute approximate surface area is 136 Å². The summed E-state index contributed by atoms with van der Waals surface area (Å²) < 4.78 is 13.4. The lowest BCUT2D eigenvalue weighted by Gasteiger charge is -2.08. The van der Waals surface area contributed by atoms with E-state index in [1.54, 1.807) is 0 Å². The molecule has 8 heteroatoms. The van der Waals surface area contributed by atoms with E-state index in [-0.39, 0.29) is 11.3 Å². The fraction of sp³-hybridized carbons (Fsp3) is 0.200. The lowest BCUT2D eigenvalue weighted by molar-refractivity contribution is -0.119. The smallest absolute Gasteiger partial charge is 0.272 e. The first-order valence-corrected chi connectivity index (χ1v) is 7.73. The lowest BCUT2D eigenvalue weighted by Crippen LogP contribution is -2.42. The van der Waals surface area contributed by atoms with E-state index in [0.717, 1.165) is 23.1 Å². The highest BCUT2D eigenvalue weighted by Gasteiger charge is 2.12. The zero-order valence-corrected chi connectivity index (χ0v) is 13.4. The minimum Gasteiger partial charge on any atom is -0.272 e. The third-order valence-electron chi connectivity index (χ3n) is 2.73. The minimum atomic E-state index is -0.718. The second-order valence-electron chi connectivity index (χ2n) is 4.70. The zero-order valence-electron chi connectivity index (χ0n) is 12.6. The molecule has 0 unspecified atom stereocenters. The second-order valence-corrected chi connectivity index (χ2v) is 5.65. The number of hydrogen-bond acceptors (Lipinski definition) is 5. The van der Waals surface area contributed by atoms with E-state index >= 15 is 0 Å². The molecule has 0 radical (unpaired) electrons. The largest absolute Gasteiger partial charge is 0.272 e. The van der Waals surface area contributed by atoms with Gasteiger partial charge in [-0.1, -0.05) is 23.9 Å². The van der Waals surface area contributed by atoms with Crippen LogP contribution in [0.3, 0.4) is 0 Å². The molecule has 6 nitrogen and oxygen atoms in total. The molecule has 0 fully saturated rings. The van der Waals surface area contributed by atoms with Gasteiger partial charge in [0, 0.05) is 11.4 Å². The highest BCUT2D eigenvalue weighted by molar-refractivity contribution is 7.99. The van der Waals surface area contributed by atoms with E-state index in [1.165, 1.54) is 24.3 Å². The number of nitrogens with zero attached hydrogens (tertiary/aromatic N) is 2. The Morgan fingerprint density at radius 2 is 1.78 bits per heavy atom. The predicted octanol–water partition coefficient (Wildman–Crippen LogP) is 1.79. The summed E-state index contributed by atoms with van der Waals surface area (Å²) in [5, 5.41) is 0.484. The number of hydrazine groups is 1. The van der Waals surface area contributed by atoms with Gasteiger partial charge in [0.05, 0.1) is 11.3 Å². The molecule has 0 aliphatic heterocycles. The Morgan fingerprint density at radius 3 is 2.43 bits per heavy atom. The van der Waals surface area contributed by atoms with Crippen LogP contribution in [0.1, 0.15) is 21.7 Å². The molecular formula is C15H15FN4O2S. The normalized spacial score (nSPS) is 10.2. The standard InChI is InChI=1S/C15H15FN4O2S/c1-9-7-10(2)18-15(17-9)23-8-13(21)19-20-14(22)11-5-3-4-6-12(11)16/h3-7H,8H2,1-2H3,(H,19,21)(H,20,22). The molecule has 2 rings (SSSR count). The monoisotopic (exact) mass is 334 g/mol. The average Bonchev–Trinajstić information content (AvgIpc) is 2.50. The van der Waals surface area contributed by atoms with Crippen LogP contribution in [0, 0.1) is 19.7 Å². The molecule has 120 valence electrons. The average molecular weight is 334 g/mol. The summed E-state index contributed by atoms with van der Waals surface area (Å²) in [4.78, 5) is 31.8. The molecule has 1 aromatic carbocycles. The van der Waals surface area contributed by atoms with Crippen molar-refractivity contribution in [2.75, 3.05) is 5.75 Å². The van der Waals surface area contributed by atoms with Crippen LogP contribution in [0.2, 0.25) is 0 Å². The van der Waals surface area contributed by atoms with Crippen LogP contribution < -0.4 is 10.9 Å². The van der Waals surface area contributed by atoms with Gasteiger partial charge in [0.2, 0.25) is 5.91 Å². The van der Waals surface area contributed by atoms with E-state index in [1.807, 2.05) is 19.9 Å². The molecule has 0 saturated carbocycles. The Morgan fingerprint density at radius 1 is 1.13 bits per heavy atom. The maximum Gasteiger partial charge on any atom is 0.272 e. The molecule has 0 bridgehead atoms. The van der Waals surface area contributed by atoms with Crippen LogP contribution in [0.15, 0.2) is 35.5 Å². The molecule has 0 spiro atoms. The molecule has 2 amide bonds. The number of nitrogens with one attached hydrogen (secondary N) is 2. The van der Waals surface area contributed by atoms with Crippen LogP contribution in [-0.4, -0.2) is 27.5 Å². The number of carbonyl (C=O) groups is 2. The number of aromatic nitrogens is 2. The number of halogens is 1. The fourth-order valence-corrected chi connectivity index (χ4v) is 2.51. The summed E-state index contributed by atoms with van der Waals surface area (Å²) in [7, 11) is 0. The first-order chi connectivity index (χ1) is 11.0. The van der Waals surface area contributed by atoms with Gasteiger partial charge in [-0.25, -0.2) is 14.4 Å². The quantitative estimate of drug-likeness (QED) is 0.506. The van der Waals surface area contributed by atoms with Crippen LogP contribution in [0.25, 0.3) is 0 Å². The van der Waals surface area contributed by atoms with Crippen LogP contribution in [0.4, 0.5) is 4.39 Å². The fourth-order valence-electron chi connectivity index (χ4n) is 1.76. The van der Waals surface area contributed by atoms with Crippen molar-refractivity contribution in [2.24, 2.45) is 0 Å². The van der Waals surface area contributed by atoms with Crippen molar-refractivity contribution in [1.82, 2.24) is 20.8 Å². The molecule has 1 aromatic heterocycles. The Hall–Kier alpha value is -2.48. The van der Waals surface area contributed by atoms with Crippen molar-refractivity contribution in [2.45, 2.75) is 19.0 Å². The molecule has 0 saturated heterocycles. The van der Waals surface area contributed by atoms with Crippen LogP contribution in [0.5, 0.6) is 0 Å². The number of thioether (sulfide) groups is 1. The summed E-state index contributed by atoms with van der Waals surface area (Å²) in [6.45, 7) is 3.68. The molecule has 2 aromatic rings. The summed E-state index contributed by atoms with van der Waals surface area (Å²) >= 11 is 1.15. The van der Waals surface area contributed by atoms with Gasteiger partial charge in [-0.2, -0.15) is 0 Å². The Bertz CT molecular complexity index is 719. The van der Waals surface area contributed by atoms with E-state index in [9.17, 15) is 14.0 Å². The van der Waals surface area contributed by atoms with Gasteiger partial charge in [-0.15, -0.1) is 0 Å².